The van der Waals surface area contributed by atoms with Crippen LogP contribution in [0.4, 0.5) is 0 Å². The molecule has 0 fully saturated rings. The van der Waals surface area contributed by atoms with E-state index in [-0.39, 0.29) is 12.4 Å². The van der Waals surface area contributed by atoms with Crippen LogP contribution in [-0.4, -0.2) is 12.4 Å². The van der Waals surface area contributed by atoms with E-state index < -0.39 is 7.38 Å². The van der Waals surface area contributed by atoms with E-state index in [0.717, 1.165) is 0 Å². The van der Waals surface area contributed by atoms with E-state index >= 15 is 0 Å². The van der Waals surface area contributed by atoms with Crippen molar-refractivity contribution in [1.82, 2.24) is 4.98 Å². The number of rotatable bonds is 3. The third-order valence-electron chi connectivity index (χ3n) is 2.47. The lowest BCUT2D eigenvalue weighted by molar-refractivity contribution is 1.22. The van der Waals surface area contributed by atoms with E-state index in [1.54, 1.807) is 12.4 Å². The molecule has 4 heteroatoms. The fourth-order valence-electron chi connectivity index (χ4n) is 1.06. The van der Waals surface area contributed by atoms with E-state index in [4.69, 9.17) is 11.1 Å². The lowest BCUT2D eigenvalue weighted by Crippen LogP contribution is -2.22. The van der Waals surface area contributed by atoms with Crippen molar-refractivity contribution in [3.8, 4) is 0 Å². The van der Waals surface area contributed by atoms with E-state index in [9.17, 15) is 0 Å². The van der Waals surface area contributed by atoms with Gasteiger partial charge in [-0.05, 0) is 30.3 Å². The molecule has 1 aromatic rings. The Morgan fingerprint density at radius 1 is 0.933 bits per heavy atom. The molecule has 0 bridgehead atoms. The first-order chi connectivity index (χ1) is 6.68. The molecule has 0 aliphatic carbocycles. The van der Waals surface area contributed by atoms with Crippen LogP contribution in [0.5, 0.6) is 0 Å². The van der Waals surface area contributed by atoms with Gasteiger partial charge in [-0.1, -0.05) is 26.8 Å². The Hall–Kier alpha value is -0.0531. The Bertz CT molecular complexity index is 180. The third-order valence-corrected chi connectivity index (χ3v) is 8.67. The van der Waals surface area contributed by atoms with Crippen LogP contribution in [0.3, 0.4) is 0 Å². The van der Waals surface area contributed by atoms with Crippen LogP contribution < -0.4 is 0 Å². The third kappa shape index (κ3) is 8.91. The number of nitrogens with zero attached hydrogens (tertiary/aromatic N) is 1. The van der Waals surface area contributed by atoms with Crippen LogP contribution in [0, 0.1) is 0 Å². The fraction of sp³-hybridized carbons (Fsp3) is 0.545. The van der Waals surface area contributed by atoms with Gasteiger partial charge in [0.05, 0.1) is 0 Å². The highest BCUT2D eigenvalue weighted by atomic mass is 35.6. The summed E-state index contributed by atoms with van der Waals surface area (Å²) < 4.78 is 0. The van der Waals surface area contributed by atoms with Crippen molar-refractivity contribution in [2.75, 3.05) is 0 Å². The van der Waals surface area contributed by atoms with Gasteiger partial charge in [-0.3, -0.25) is 4.98 Å². The highest BCUT2D eigenvalue weighted by molar-refractivity contribution is 7.20. The van der Waals surface area contributed by atoms with Crippen molar-refractivity contribution in [1.29, 1.82) is 0 Å². The van der Waals surface area contributed by atoms with E-state index in [1.807, 2.05) is 18.2 Å². The second-order valence-corrected chi connectivity index (χ2v) is 10.1. The average Bonchev–Trinajstić information content (AvgIpc) is 2.31. The van der Waals surface area contributed by atoms with Gasteiger partial charge in [-0.25, -0.2) is 0 Å². The molecule has 0 radical (unpaired) electrons. The lowest BCUT2D eigenvalue weighted by Gasteiger charge is -2.17. The molecule has 0 aromatic carbocycles. The van der Waals surface area contributed by atoms with E-state index in [0.29, 0.717) is 0 Å². The van der Waals surface area contributed by atoms with Crippen LogP contribution >= 0.6 is 23.5 Å². The Morgan fingerprint density at radius 3 is 1.40 bits per heavy atom. The number of pyridine rings is 1. The maximum Gasteiger partial charge on any atom is 0.155 e. The van der Waals surface area contributed by atoms with Crippen LogP contribution in [-0.2, 0) is 0 Å². The van der Waals surface area contributed by atoms with Crippen molar-refractivity contribution in [3.63, 3.8) is 0 Å². The molecule has 88 valence electrons. The number of hydrogen-bond acceptors (Lipinski definition) is 1. The zero-order chi connectivity index (χ0) is 10.9. The predicted octanol–water partition coefficient (Wildman–Crippen LogP) is 4.73. The SMILES string of the molecule is CC[Si](Cl)(CC)CC.Cl.c1ccncc1. The molecular weight excluding hydrogens is 245 g/mol. The van der Waals surface area contributed by atoms with Gasteiger partial charge in [0.25, 0.3) is 0 Å². The topological polar surface area (TPSA) is 12.9 Å². The standard InChI is InChI=1S/C6H15ClSi.C5H5N.ClH/c1-4-8(7,5-2)6-3;1-2-4-6-5-3-1;/h4-6H2,1-3H3;1-5H;1H. The molecule has 0 unspecified atom stereocenters. The highest BCUT2D eigenvalue weighted by Gasteiger charge is 2.22. The van der Waals surface area contributed by atoms with Crippen molar-refractivity contribution in [2.45, 2.75) is 38.9 Å². The molecule has 0 N–H and O–H groups in total. The van der Waals surface area contributed by atoms with Crippen molar-refractivity contribution >= 4 is 30.9 Å². The molecule has 0 amide bonds. The minimum Gasteiger partial charge on any atom is -0.265 e. The van der Waals surface area contributed by atoms with Gasteiger partial charge in [0.2, 0.25) is 0 Å². The number of aromatic nitrogens is 1. The Labute approximate surface area is 105 Å². The monoisotopic (exact) mass is 265 g/mol. The Morgan fingerprint density at radius 2 is 1.33 bits per heavy atom. The molecule has 1 aromatic heterocycles. The minimum absolute atomic E-state index is 0. The number of hydrogen-bond donors (Lipinski definition) is 0. The average molecular weight is 266 g/mol. The summed E-state index contributed by atoms with van der Waals surface area (Å²) in [4.78, 5) is 3.78. The second-order valence-electron chi connectivity index (χ2n) is 3.24. The molecule has 1 rings (SSSR count). The zero-order valence-corrected chi connectivity index (χ0v) is 12.3. The molecule has 1 nitrogen and oxygen atoms in total. The lowest BCUT2D eigenvalue weighted by atomic mass is 10.5. The molecule has 1 heterocycles. The molecule has 0 aliphatic rings. The summed E-state index contributed by atoms with van der Waals surface area (Å²) in [6.45, 7) is 6.60. The molecular formula is C11H21Cl2NSi. The molecule has 0 saturated heterocycles. The zero-order valence-electron chi connectivity index (χ0n) is 9.74. The van der Waals surface area contributed by atoms with Gasteiger partial charge in [-0.2, -0.15) is 11.1 Å². The maximum atomic E-state index is 6.23. The molecule has 0 spiro atoms. The minimum atomic E-state index is -1.20. The highest BCUT2D eigenvalue weighted by Crippen LogP contribution is 2.23. The second kappa shape index (κ2) is 10.5. The van der Waals surface area contributed by atoms with Gasteiger partial charge in [0, 0.05) is 12.4 Å². The quantitative estimate of drug-likeness (QED) is 0.569. The van der Waals surface area contributed by atoms with Gasteiger partial charge in [-0.15, -0.1) is 12.4 Å². The predicted molar refractivity (Wildman–Crippen MR) is 74.5 cm³/mol. The van der Waals surface area contributed by atoms with Crippen LogP contribution in [0.25, 0.3) is 0 Å². The van der Waals surface area contributed by atoms with Gasteiger partial charge in [0.15, 0.2) is 7.38 Å². The van der Waals surface area contributed by atoms with Crippen molar-refractivity contribution in [3.05, 3.63) is 30.6 Å². The largest absolute Gasteiger partial charge is 0.265 e. The van der Waals surface area contributed by atoms with Gasteiger partial charge in [0.1, 0.15) is 0 Å². The summed E-state index contributed by atoms with van der Waals surface area (Å²) in [5.74, 6) is 0. The summed E-state index contributed by atoms with van der Waals surface area (Å²) in [7, 11) is -1.20. The smallest absolute Gasteiger partial charge is 0.155 e. The number of halogens is 2. The summed E-state index contributed by atoms with van der Waals surface area (Å²) >= 11 is 6.23. The first-order valence-corrected chi connectivity index (χ1v) is 8.85. The van der Waals surface area contributed by atoms with Gasteiger partial charge >= 0.3 is 0 Å². The summed E-state index contributed by atoms with van der Waals surface area (Å²) in [6.07, 6.45) is 3.50. The molecule has 0 aliphatic heterocycles. The first kappa shape index (κ1) is 17.3. The van der Waals surface area contributed by atoms with E-state index in [1.165, 1.54) is 18.1 Å². The summed E-state index contributed by atoms with van der Waals surface area (Å²) in [5, 5.41) is 0. The van der Waals surface area contributed by atoms with Crippen molar-refractivity contribution in [2.24, 2.45) is 0 Å². The fourth-order valence-corrected chi connectivity index (χ4v) is 2.56. The van der Waals surface area contributed by atoms with Crippen LogP contribution in [0.1, 0.15) is 20.8 Å². The Kier molecular flexibility index (Phi) is 12.1. The summed E-state index contributed by atoms with van der Waals surface area (Å²) in [6, 6.07) is 9.39. The molecule has 15 heavy (non-hydrogen) atoms. The molecule has 0 saturated carbocycles. The van der Waals surface area contributed by atoms with Crippen molar-refractivity contribution < 1.29 is 0 Å². The molecule has 0 atom stereocenters. The first-order valence-electron chi connectivity index (χ1n) is 5.22. The maximum absolute atomic E-state index is 6.23. The summed E-state index contributed by atoms with van der Waals surface area (Å²) in [5.41, 5.74) is 0. The van der Waals surface area contributed by atoms with E-state index in [2.05, 4.69) is 25.8 Å². The normalized spacial score (nSPS) is 9.60. The van der Waals surface area contributed by atoms with Crippen LogP contribution in [0.2, 0.25) is 18.1 Å². The van der Waals surface area contributed by atoms with Gasteiger partial charge < -0.3 is 0 Å². The Balaban J connectivity index is 0. The van der Waals surface area contributed by atoms with Crippen LogP contribution in [0.15, 0.2) is 30.6 Å².